The van der Waals surface area contributed by atoms with E-state index in [1.165, 1.54) is 0 Å². The molecule has 3 nitrogen and oxygen atoms in total. The molecule has 0 aliphatic heterocycles. The fourth-order valence-corrected chi connectivity index (χ4v) is 1.48. The fraction of sp³-hybridized carbons (Fsp3) is 0.625. The minimum Gasteiger partial charge on any atom is -0.395 e. The topological polar surface area (TPSA) is 45.1 Å². The van der Waals surface area contributed by atoms with Crippen LogP contribution >= 0.6 is 11.3 Å². The van der Waals surface area contributed by atoms with Crippen LogP contribution in [0.3, 0.4) is 0 Å². The molecule has 1 rings (SSSR count). The van der Waals surface area contributed by atoms with Gasteiger partial charge in [-0.1, -0.05) is 6.92 Å². The van der Waals surface area contributed by atoms with Crippen LogP contribution in [0.2, 0.25) is 0 Å². The van der Waals surface area contributed by atoms with E-state index in [0.717, 1.165) is 18.0 Å². The molecule has 0 bridgehead atoms. The largest absolute Gasteiger partial charge is 0.395 e. The number of hydrogen-bond acceptors (Lipinski definition) is 4. The lowest BCUT2D eigenvalue weighted by atomic mass is 10.2. The minimum absolute atomic E-state index is 0.196. The van der Waals surface area contributed by atoms with Crippen molar-refractivity contribution in [1.82, 2.24) is 10.3 Å². The summed E-state index contributed by atoms with van der Waals surface area (Å²) in [5.74, 6) is 0. The van der Waals surface area contributed by atoms with E-state index in [-0.39, 0.29) is 12.6 Å². The standard InChI is InChI=1S/C8H14N2OS/c1-2-7(6-11)10-5-8-9-3-4-12-8/h3-4,7,10-11H,2,5-6H2,1H3/t7-/m0/s1. The maximum absolute atomic E-state index is 8.88. The quantitative estimate of drug-likeness (QED) is 0.721. The zero-order valence-corrected chi connectivity index (χ0v) is 7.97. The molecule has 0 spiro atoms. The van der Waals surface area contributed by atoms with E-state index in [9.17, 15) is 0 Å². The van der Waals surface area contributed by atoms with Gasteiger partial charge in [0.05, 0.1) is 6.61 Å². The number of nitrogens with zero attached hydrogens (tertiary/aromatic N) is 1. The van der Waals surface area contributed by atoms with Gasteiger partial charge in [0.15, 0.2) is 0 Å². The van der Waals surface area contributed by atoms with Crippen LogP contribution in [0.15, 0.2) is 11.6 Å². The summed E-state index contributed by atoms with van der Waals surface area (Å²) in [6.07, 6.45) is 2.74. The Balaban J connectivity index is 2.25. The van der Waals surface area contributed by atoms with Gasteiger partial charge in [-0.2, -0.15) is 0 Å². The number of nitrogens with one attached hydrogen (secondary N) is 1. The van der Waals surface area contributed by atoms with Crippen LogP contribution in [0, 0.1) is 0 Å². The van der Waals surface area contributed by atoms with Gasteiger partial charge in [0.2, 0.25) is 0 Å². The Bertz CT molecular complexity index is 197. The van der Waals surface area contributed by atoms with E-state index >= 15 is 0 Å². The highest BCUT2D eigenvalue weighted by molar-refractivity contribution is 7.09. The third kappa shape index (κ3) is 2.89. The monoisotopic (exact) mass is 186 g/mol. The summed E-state index contributed by atoms with van der Waals surface area (Å²) in [5, 5.41) is 15.1. The second-order valence-corrected chi connectivity index (χ2v) is 3.57. The molecule has 1 atom stereocenters. The lowest BCUT2D eigenvalue weighted by Gasteiger charge is -2.11. The van der Waals surface area contributed by atoms with Gasteiger partial charge in [-0.05, 0) is 6.42 Å². The lowest BCUT2D eigenvalue weighted by molar-refractivity contribution is 0.238. The van der Waals surface area contributed by atoms with Crippen molar-refractivity contribution in [3.8, 4) is 0 Å². The Labute approximate surface area is 76.5 Å². The third-order valence-corrected chi connectivity index (χ3v) is 2.52. The van der Waals surface area contributed by atoms with E-state index in [2.05, 4.69) is 17.2 Å². The third-order valence-electron chi connectivity index (χ3n) is 1.74. The molecular formula is C8H14N2OS. The van der Waals surface area contributed by atoms with E-state index in [1.807, 2.05) is 5.38 Å². The number of aliphatic hydroxyl groups is 1. The number of aliphatic hydroxyl groups excluding tert-OH is 1. The first-order valence-corrected chi connectivity index (χ1v) is 4.97. The van der Waals surface area contributed by atoms with Gasteiger partial charge in [0.25, 0.3) is 0 Å². The molecule has 1 aromatic rings. The Kier molecular flexibility index (Phi) is 4.21. The van der Waals surface area contributed by atoms with E-state index in [0.29, 0.717) is 0 Å². The van der Waals surface area contributed by atoms with Crippen LogP contribution in [0.5, 0.6) is 0 Å². The van der Waals surface area contributed by atoms with Crippen molar-refractivity contribution < 1.29 is 5.11 Å². The van der Waals surface area contributed by atoms with Crippen molar-refractivity contribution in [2.75, 3.05) is 6.61 Å². The second-order valence-electron chi connectivity index (χ2n) is 2.59. The van der Waals surface area contributed by atoms with Gasteiger partial charge >= 0.3 is 0 Å². The van der Waals surface area contributed by atoms with E-state index < -0.39 is 0 Å². The van der Waals surface area contributed by atoms with Crippen molar-refractivity contribution in [3.05, 3.63) is 16.6 Å². The Morgan fingerprint density at radius 3 is 3.08 bits per heavy atom. The zero-order chi connectivity index (χ0) is 8.81. The van der Waals surface area contributed by atoms with Crippen molar-refractivity contribution in [2.45, 2.75) is 25.9 Å². The van der Waals surface area contributed by atoms with Crippen LogP contribution in [-0.4, -0.2) is 22.7 Å². The molecule has 0 saturated carbocycles. The molecule has 0 amide bonds. The maximum atomic E-state index is 8.88. The first kappa shape index (κ1) is 9.64. The molecule has 1 heterocycles. The Hall–Kier alpha value is -0.450. The molecule has 0 saturated heterocycles. The van der Waals surface area contributed by atoms with Gasteiger partial charge < -0.3 is 10.4 Å². The first-order chi connectivity index (χ1) is 5.86. The predicted octanol–water partition coefficient (Wildman–Crippen LogP) is 1.00. The van der Waals surface area contributed by atoms with Crippen LogP contribution < -0.4 is 5.32 Å². The molecular weight excluding hydrogens is 172 g/mol. The molecule has 1 aromatic heterocycles. The number of thiazole rings is 1. The van der Waals surface area contributed by atoms with Crippen LogP contribution in [-0.2, 0) is 6.54 Å². The number of hydrogen-bond donors (Lipinski definition) is 2. The van der Waals surface area contributed by atoms with Crippen molar-refractivity contribution in [1.29, 1.82) is 0 Å². The average molecular weight is 186 g/mol. The SMILES string of the molecule is CC[C@@H](CO)NCc1nccs1. The molecule has 0 radical (unpaired) electrons. The van der Waals surface area contributed by atoms with Crippen LogP contribution in [0.25, 0.3) is 0 Å². The summed E-state index contributed by atoms with van der Waals surface area (Å²) in [4.78, 5) is 4.13. The molecule has 0 aliphatic carbocycles. The average Bonchev–Trinajstić information content (AvgIpc) is 2.59. The summed E-state index contributed by atoms with van der Waals surface area (Å²) < 4.78 is 0. The zero-order valence-electron chi connectivity index (χ0n) is 7.16. The van der Waals surface area contributed by atoms with Crippen LogP contribution in [0.4, 0.5) is 0 Å². The fourth-order valence-electron chi connectivity index (χ4n) is 0.910. The molecule has 4 heteroatoms. The first-order valence-electron chi connectivity index (χ1n) is 4.09. The van der Waals surface area contributed by atoms with Gasteiger partial charge in [-0.25, -0.2) is 4.98 Å². The van der Waals surface area contributed by atoms with Gasteiger partial charge in [-0.3, -0.25) is 0 Å². The molecule has 0 aliphatic rings. The maximum Gasteiger partial charge on any atom is 0.106 e. The van der Waals surface area contributed by atoms with E-state index in [1.54, 1.807) is 17.5 Å². The highest BCUT2D eigenvalue weighted by Crippen LogP contribution is 2.03. The summed E-state index contributed by atoms with van der Waals surface area (Å²) in [6, 6.07) is 0.203. The summed E-state index contributed by atoms with van der Waals surface area (Å²) in [5.41, 5.74) is 0. The Morgan fingerprint density at radius 2 is 2.58 bits per heavy atom. The molecule has 12 heavy (non-hydrogen) atoms. The highest BCUT2D eigenvalue weighted by Gasteiger charge is 2.03. The summed E-state index contributed by atoms with van der Waals surface area (Å²) >= 11 is 1.63. The summed E-state index contributed by atoms with van der Waals surface area (Å²) in [6.45, 7) is 3.01. The Morgan fingerprint density at radius 1 is 1.75 bits per heavy atom. The molecule has 0 fully saturated rings. The van der Waals surface area contributed by atoms with E-state index in [4.69, 9.17) is 5.11 Å². The predicted molar refractivity (Wildman–Crippen MR) is 50.1 cm³/mol. The minimum atomic E-state index is 0.196. The van der Waals surface area contributed by atoms with Gasteiger partial charge in [-0.15, -0.1) is 11.3 Å². The van der Waals surface area contributed by atoms with Gasteiger partial charge in [0.1, 0.15) is 5.01 Å². The van der Waals surface area contributed by atoms with Crippen molar-refractivity contribution in [3.63, 3.8) is 0 Å². The molecule has 68 valence electrons. The second kappa shape index (κ2) is 5.24. The normalized spacial score (nSPS) is 13.2. The molecule has 2 N–H and O–H groups in total. The number of rotatable bonds is 5. The molecule has 0 unspecified atom stereocenters. The van der Waals surface area contributed by atoms with Crippen molar-refractivity contribution in [2.24, 2.45) is 0 Å². The van der Waals surface area contributed by atoms with Gasteiger partial charge in [0, 0.05) is 24.2 Å². The summed E-state index contributed by atoms with van der Waals surface area (Å²) in [7, 11) is 0. The van der Waals surface area contributed by atoms with Crippen molar-refractivity contribution >= 4 is 11.3 Å². The molecule has 0 aromatic carbocycles. The smallest absolute Gasteiger partial charge is 0.106 e. The highest BCUT2D eigenvalue weighted by atomic mass is 32.1. The number of aromatic nitrogens is 1. The lowest BCUT2D eigenvalue weighted by Crippen LogP contribution is -2.31. The van der Waals surface area contributed by atoms with Crippen LogP contribution in [0.1, 0.15) is 18.4 Å².